The van der Waals surface area contributed by atoms with Crippen molar-refractivity contribution in [3.63, 3.8) is 0 Å². The number of hydrogen-bond donors (Lipinski definition) is 2. The fourth-order valence-corrected chi connectivity index (χ4v) is 2.06. The van der Waals surface area contributed by atoms with Gasteiger partial charge in [0, 0.05) is 23.2 Å². The maximum atomic E-state index is 11.9. The molecule has 0 unspecified atom stereocenters. The quantitative estimate of drug-likeness (QED) is 0.869. The smallest absolute Gasteiger partial charge is 0.251 e. The average molecular weight is 275 g/mol. The van der Waals surface area contributed by atoms with Crippen LogP contribution in [0.4, 0.5) is 0 Å². The van der Waals surface area contributed by atoms with E-state index in [9.17, 15) is 4.79 Å². The van der Waals surface area contributed by atoms with Crippen molar-refractivity contribution < 1.29 is 4.79 Å². The molecule has 1 atom stereocenters. The molecule has 1 saturated heterocycles. The molecule has 1 aromatic carbocycles. The topological polar surface area (TPSA) is 41.1 Å². The molecule has 0 bridgehead atoms. The molecule has 2 rings (SSSR count). The summed E-state index contributed by atoms with van der Waals surface area (Å²) >= 11 is 5.84. The Balaban J connectivity index is 0.00000144. The molecule has 1 aliphatic heterocycles. The van der Waals surface area contributed by atoms with Crippen LogP contribution in [-0.2, 0) is 0 Å². The second kappa shape index (κ2) is 6.84. The van der Waals surface area contributed by atoms with E-state index in [2.05, 4.69) is 10.6 Å². The van der Waals surface area contributed by atoms with Gasteiger partial charge in [0.25, 0.3) is 5.91 Å². The highest BCUT2D eigenvalue weighted by atomic mass is 35.5. The first-order valence-corrected chi connectivity index (χ1v) is 5.90. The lowest BCUT2D eigenvalue weighted by molar-refractivity contribution is 0.0930. The first kappa shape index (κ1) is 14.3. The van der Waals surface area contributed by atoms with E-state index in [0.717, 1.165) is 25.9 Å². The Kier molecular flexibility index (Phi) is 5.75. The monoisotopic (exact) mass is 274 g/mol. The molecule has 1 fully saturated rings. The van der Waals surface area contributed by atoms with Crippen molar-refractivity contribution in [1.29, 1.82) is 0 Å². The Labute approximate surface area is 112 Å². The number of carbonyl (C=O) groups is 1. The second-order valence-electron chi connectivity index (χ2n) is 4.03. The lowest BCUT2D eigenvalue weighted by Crippen LogP contribution is -2.45. The molecular formula is C12H16Cl2N2O. The number of halogens is 2. The summed E-state index contributed by atoms with van der Waals surface area (Å²) in [7, 11) is 0. The van der Waals surface area contributed by atoms with Gasteiger partial charge in [-0.3, -0.25) is 4.79 Å². The van der Waals surface area contributed by atoms with E-state index in [0.29, 0.717) is 10.6 Å². The van der Waals surface area contributed by atoms with Crippen LogP contribution in [0.3, 0.4) is 0 Å². The average Bonchev–Trinajstić information content (AvgIpc) is 2.30. The molecule has 1 aliphatic rings. The van der Waals surface area contributed by atoms with Crippen molar-refractivity contribution in [1.82, 2.24) is 10.6 Å². The van der Waals surface area contributed by atoms with Crippen LogP contribution >= 0.6 is 24.0 Å². The number of carbonyl (C=O) groups excluding carboxylic acids is 1. The Morgan fingerprint density at radius 2 is 2.29 bits per heavy atom. The number of rotatable bonds is 2. The first-order chi connectivity index (χ1) is 7.75. The van der Waals surface area contributed by atoms with E-state index >= 15 is 0 Å². The third-order valence-corrected chi connectivity index (χ3v) is 2.95. The van der Waals surface area contributed by atoms with Crippen molar-refractivity contribution in [3.05, 3.63) is 34.9 Å². The van der Waals surface area contributed by atoms with E-state index < -0.39 is 0 Å². The summed E-state index contributed by atoms with van der Waals surface area (Å²) in [5.41, 5.74) is 0.623. The second-order valence-corrected chi connectivity index (χ2v) is 4.46. The lowest BCUT2D eigenvalue weighted by atomic mass is 10.1. The molecule has 5 heteroatoms. The van der Waals surface area contributed by atoms with Gasteiger partial charge in [-0.2, -0.15) is 0 Å². The SMILES string of the molecule is Cl.O=C(N[C@H]1CCCNC1)c1cccc(Cl)c1. The fraction of sp³-hybridized carbons (Fsp3) is 0.417. The van der Waals surface area contributed by atoms with Crippen molar-refractivity contribution in [2.45, 2.75) is 18.9 Å². The highest BCUT2D eigenvalue weighted by molar-refractivity contribution is 6.30. The molecule has 0 saturated carbocycles. The van der Waals surface area contributed by atoms with Crippen LogP contribution in [0.15, 0.2) is 24.3 Å². The summed E-state index contributed by atoms with van der Waals surface area (Å²) in [4.78, 5) is 11.9. The lowest BCUT2D eigenvalue weighted by Gasteiger charge is -2.23. The number of amides is 1. The van der Waals surface area contributed by atoms with Gasteiger partial charge < -0.3 is 10.6 Å². The summed E-state index contributed by atoms with van der Waals surface area (Å²) in [6.45, 7) is 1.90. The first-order valence-electron chi connectivity index (χ1n) is 5.53. The predicted molar refractivity (Wildman–Crippen MR) is 72.1 cm³/mol. The van der Waals surface area contributed by atoms with Gasteiger partial charge in [-0.15, -0.1) is 12.4 Å². The van der Waals surface area contributed by atoms with Crippen LogP contribution in [0, 0.1) is 0 Å². The third-order valence-electron chi connectivity index (χ3n) is 2.72. The minimum atomic E-state index is -0.0452. The van der Waals surface area contributed by atoms with Crippen LogP contribution in [0.5, 0.6) is 0 Å². The molecule has 94 valence electrons. The number of benzene rings is 1. The Hall–Kier alpha value is -0.770. The highest BCUT2D eigenvalue weighted by Gasteiger charge is 2.16. The summed E-state index contributed by atoms with van der Waals surface area (Å²) < 4.78 is 0. The maximum absolute atomic E-state index is 11.9. The Bertz CT molecular complexity index is 379. The summed E-state index contributed by atoms with van der Waals surface area (Å²) in [6, 6.07) is 7.25. The van der Waals surface area contributed by atoms with Gasteiger partial charge in [-0.05, 0) is 37.6 Å². The van der Waals surface area contributed by atoms with Gasteiger partial charge in [0.05, 0.1) is 0 Å². The number of piperidine rings is 1. The zero-order valence-electron chi connectivity index (χ0n) is 9.41. The van der Waals surface area contributed by atoms with Crippen molar-refractivity contribution in [2.24, 2.45) is 0 Å². The molecule has 0 aliphatic carbocycles. The molecule has 1 amide bonds. The minimum absolute atomic E-state index is 0. The molecule has 1 aromatic rings. The van der Waals surface area contributed by atoms with Crippen LogP contribution in [0.25, 0.3) is 0 Å². The van der Waals surface area contributed by atoms with Gasteiger partial charge in [0.15, 0.2) is 0 Å². The Morgan fingerprint density at radius 3 is 2.94 bits per heavy atom. The van der Waals surface area contributed by atoms with Crippen LogP contribution in [-0.4, -0.2) is 25.0 Å². The molecule has 3 nitrogen and oxygen atoms in total. The van der Waals surface area contributed by atoms with E-state index in [1.165, 1.54) is 0 Å². The number of hydrogen-bond acceptors (Lipinski definition) is 2. The zero-order valence-corrected chi connectivity index (χ0v) is 11.0. The minimum Gasteiger partial charge on any atom is -0.348 e. The molecule has 0 spiro atoms. The Morgan fingerprint density at radius 1 is 1.47 bits per heavy atom. The van der Waals surface area contributed by atoms with Crippen molar-refractivity contribution in [3.8, 4) is 0 Å². The third kappa shape index (κ3) is 4.19. The van der Waals surface area contributed by atoms with Crippen molar-refractivity contribution in [2.75, 3.05) is 13.1 Å². The molecular weight excluding hydrogens is 259 g/mol. The standard InChI is InChI=1S/C12H15ClN2O.ClH/c13-10-4-1-3-9(7-10)12(16)15-11-5-2-6-14-8-11;/h1,3-4,7,11,14H,2,5-6,8H2,(H,15,16);1H/t11-;/m0./s1. The summed E-state index contributed by atoms with van der Waals surface area (Å²) in [5, 5.41) is 6.86. The molecule has 0 aromatic heterocycles. The zero-order chi connectivity index (χ0) is 11.4. The van der Waals surface area contributed by atoms with Crippen molar-refractivity contribution >= 4 is 29.9 Å². The van der Waals surface area contributed by atoms with Gasteiger partial charge in [-0.25, -0.2) is 0 Å². The molecule has 0 radical (unpaired) electrons. The van der Waals surface area contributed by atoms with Crippen LogP contribution in [0.1, 0.15) is 23.2 Å². The highest BCUT2D eigenvalue weighted by Crippen LogP contribution is 2.11. The van der Waals surface area contributed by atoms with Crippen LogP contribution < -0.4 is 10.6 Å². The number of nitrogens with one attached hydrogen (secondary N) is 2. The summed E-state index contributed by atoms with van der Waals surface area (Å²) in [6.07, 6.45) is 2.15. The molecule has 2 N–H and O–H groups in total. The maximum Gasteiger partial charge on any atom is 0.251 e. The fourth-order valence-electron chi connectivity index (χ4n) is 1.87. The van der Waals surface area contributed by atoms with Gasteiger partial charge >= 0.3 is 0 Å². The van der Waals surface area contributed by atoms with Gasteiger partial charge in [0.1, 0.15) is 0 Å². The van der Waals surface area contributed by atoms with E-state index in [-0.39, 0.29) is 24.4 Å². The summed E-state index contributed by atoms with van der Waals surface area (Å²) in [5.74, 6) is -0.0452. The predicted octanol–water partition coefficient (Wildman–Crippen LogP) is 2.24. The van der Waals surface area contributed by atoms with Gasteiger partial charge in [0.2, 0.25) is 0 Å². The molecule has 1 heterocycles. The van der Waals surface area contributed by atoms with E-state index in [1.54, 1.807) is 24.3 Å². The normalized spacial score (nSPS) is 19.2. The van der Waals surface area contributed by atoms with Crippen LogP contribution in [0.2, 0.25) is 5.02 Å². The van der Waals surface area contributed by atoms with E-state index in [4.69, 9.17) is 11.6 Å². The molecule has 17 heavy (non-hydrogen) atoms. The largest absolute Gasteiger partial charge is 0.348 e. The van der Waals surface area contributed by atoms with E-state index in [1.807, 2.05) is 0 Å². The van der Waals surface area contributed by atoms with Gasteiger partial charge in [-0.1, -0.05) is 17.7 Å².